The van der Waals surface area contributed by atoms with Gasteiger partial charge in [-0.15, -0.1) is 0 Å². The molecule has 2 fully saturated rings. The van der Waals surface area contributed by atoms with E-state index in [4.69, 9.17) is 4.74 Å². The Balaban J connectivity index is 1.76. The van der Waals surface area contributed by atoms with E-state index in [2.05, 4.69) is 0 Å². The molecule has 1 aliphatic carbocycles. The van der Waals surface area contributed by atoms with Crippen LogP contribution in [0.4, 0.5) is 0 Å². The van der Waals surface area contributed by atoms with Gasteiger partial charge in [-0.25, -0.2) is 0 Å². The molecule has 4 nitrogen and oxygen atoms in total. The van der Waals surface area contributed by atoms with Gasteiger partial charge in [0.1, 0.15) is 5.78 Å². The molecule has 4 heteroatoms. The fourth-order valence-electron chi connectivity index (χ4n) is 2.27. The van der Waals surface area contributed by atoms with Crippen molar-refractivity contribution in [3.63, 3.8) is 0 Å². The standard InChI is InChI=1S/C12H21NO3/c1-13(8-11(14)10-2-3-10)9-12(15)4-6-16-7-5-12/h10,15H,2-9H2,1H3. The Morgan fingerprint density at radius 2 is 2.06 bits per heavy atom. The molecule has 0 atom stereocenters. The highest BCUT2D eigenvalue weighted by atomic mass is 16.5. The van der Waals surface area contributed by atoms with Crippen molar-refractivity contribution in [2.75, 3.05) is 33.4 Å². The van der Waals surface area contributed by atoms with Crippen molar-refractivity contribution in [1.82, 2.24) is 4.90 Å². The van der Waals surface area contributed by atoms with Crippen molar-refractivity contribution in [2.45, 2.75) is 31.3 Å². The van der Waals surface area contributed by atoms with E-state index in [1.165, 1.54) is 0 Å². The van der Waals surface area contributed by atoms with Crippen molar-refractivity contribution >= 4 is 5.78 Å². The summed E-state index contributed by atoms with van der Waals surface area (Å²) in [7, 11) is 1.91. The van der Waals surface area contributed by atoms with E-state index in [-0.39, 0.29) is 0 Å². The highest BCUT2D eigenvalue weighted by Gasteiger charge is 2.34. The highest BCUT2D eigenvalue weighted by Crippen LogP contribution is 2.30. The zero-order chi connectivity index (χ0) is 11.6. The number of aliphatic hydroxyl groups is 1. The molecular formula is C12H21NO3. The predicted molar refractivity (Wildman–Crippen MR) is 60.2 cm³/mol. The molecule has 1 aliphatic heterocycles. The fourth-order valence-corrected chi connectivity index (χ4v) is 2.27. The van der Waals surface area contributed by atoms with E-state index in [9.17, 15) is 9.90 Å². The molecule has 16 heavy (non-hydrogen) atoms. The minimum Gasteiger partial charge on any atom is -0.388 e. The fraction of sp³-hybridized carbons (Fsp3) is 0.917. The summed E-state index contributed by atoms with van der Waals surface area (Å²) in [5.74, 6) is 0.643. The molecule has 1 saturated heterocycles. The highest BCUT2D eigenvalue weighted by molar-refractivity contribution is 5.84. The van der Waals surface area contributed by atoms with Gasteiger partial charge in [0.2, 0.25) is 0 Å². The van der Waals surface area contributed by atoms with Gasteiger partial charge in [0, 0.05) is 38.5 Å². The van der Waals surface area contributed by atoms with Gasteiger partial charge >= 0.3 is 0 Å². The van der Waals surface area contributed by atoms with Crippen LogP contribution in [0.2, 0.25) is 0 Å². The molecule has 0 spiro atoms. The topological polar surface area (TPSA) is 49.8 Å². The average Bonchev–Trinajstić information content (AvgIpc) is 3.00. The van der Waals surface area contributed by atoms with Crippen LogP contribution in [-0.4, -0.2) is 54.7 Å². The van der Waals surface area contributed by atoms with Gasteiger partial charge in [0.15, 0.2) is 0 Å². The Morgan fingerprint density at radius 1 is 1.44 bits per heavy atom. The lowest BCUT2D eigenvalue weighted by Gasteiger charge is -2.35. The van der Waals surface area contributed by atoms with E-state index in [0.717, 1.165) is 12.8 Å². The number of ether oxygens (including phenoxy) is 1. The maximum atomic E-state index is 11.6. The first-order chi connectivity index (χ1) is 7.59. The van der Waals surface area contributed by atoms with Crippen molar-refractivity contribution in [2.24, 2.45) is 5.92 Å². The first-order valence-corrected chi connectivity index (χ1v) is 6.10. The second-order valence-corrected chi connectivity index (χ2v) is 5.25. The molecule has 0 aromatic heterocycles. The first kappa shape index (κ1) is 12.0. The third-order valence-electron chi connectivity index (χ3n) is 3.45. The first-order valence-electron chi connectivity index (χ1n) is 6.10. The molecule has 2 aliphatic rings. The molecular weight excluding hydrogens is 206 g/mol. The van der Waals surface area contributed by atoms with E-state index in [0.29, 0.717) is 50.8 Å². The Kier molecular flexibility index (Phi) is 3.62. The minimum atomic E-state index is -0.656. The SMILES string of the molecule is CN(CC(=O)C1CC1)CC1(O)CCOCC1. The number of nitrogens with zero attached hydrogens (tertiary/aromatic N) is 1. The molecule has 0 aromatic rings. The summed E-state index contributed by atoms with van der Waals surface area (Å²) in [6, 6.07) is 0. The largest absolute Gasteiger partial charge is 0.388 e. The van der Waals surface area contributed by atoms with Crippen molar-refractivity contribution in [1.29, 1.82) is 0 Å². The van der Waals surface area contributed by atoms with E-state index in [1.54, 1.807) is 0 Å². The normalized spacial score (nSPS) is 24.7. The monoisotopic (exact) mass is 227 g/mol. The molecule has 1 heterocycles. The van der Waals surface area contributed by atoms with Crippen LogP contribution in [-0.2, 0) is 9.53 Å². The van der Waals surface area contributed by atoms with Gasteiger partial charge in [0.05, 0.1) is 12.1 Å². The minimum absolute atomic E-state index is 0.312. The summed E-state index contributed by atoms with van der Waals surface area (Å²) in [4.78, 5) is 13.6. The van der Waals surface area contributed by atoms with Gasteiger partial charge in [-0.1, -0.05) is 0 Å². The average molecular weight is 227 g/mol. The van der Waals surface area contributed by atoms with Crippen LogP contribution >= 0.6 is 0 Å². The number of Topliss-reactive ketones (excluding diaryl/α,β-unsaturated/α-hetero) is 1. The van der Waals surface area contributed by atoms with Crippen LogP contribution in [0.3, 0.4) is 0 Å². The zero-order valence-corrected chi connectivity index (χ0v) is 9.95. The van der Waals surface area contributed by atoms with Gasteiger partial charge in [-0.05, 0) is 19.9 Å². The molecule has 92 valence electrons. The van der Waals surface area contributed by atoms with Crippen LogP contribution in [0.15, 0.2) is 0 Å². The number of likely N-dealkylation sites (N-methyl/N-ethyl adjacent to an activating group) is 1. The van der Waals surface area contributed by atoms with E-state index >= 15 is 0 Å². The molecule has 0 bridgehead atoms. The smallest absolute Gasteiger partial charge is 0.149 e. The van der Waals surface area contributed by atoms with Crippen molar-refractivity contribution < 1.29 is 14.6 Å². The lowest BCUT2D eigenvalue weighted by molar-refractivity contribution is -0.122. The third kappa shape index (κ3) is 3.27. The lowest BCUT2D eigenvalue weighted by Crippen LogP contribution is -2.46. The van der Waals surface area contributed by atoms with Crippen molar-refractivity contribution in [3.05, 3.63) is 0 Å². The molecule has 0 aromatic carbocycles. The number of carbonyl (C=O) groups excluding carboxylic acids is 1. The maximum Gasteiger partial charge on any atom is 0.149 e. The van der Waals surface area contributed by atoms with E-state index in [1.807, 2.05) is 11.9 Å². The van der Waals surface area contributed by atoms with E-state index < -0.39 is 5.60 Å². The van der Waals surface area contributed by atoms with Crippen LogP contribution in [0.1, 0.15) is 25.7 Å². The molecule has 2 rings (SSSR count). The number of ketones is 1. The molecule has 1 N–H and O–H groups in total. The van der Waals surface area contributed by atoms with Gasteiger partial charge < -0.3 is 9.84 Å². The summed E-state index contributed by atoms with van der Waals surface area (Å²) in [5, 5.41) is 10.3. The lowest BCUT2D eigenvalue weighted by atomic mass is 9.94. The van der Waals surface area contributed by atoms with Crippen LogP contribution in [0, 0.1) is 5.92 Å². The Morgan fingerprint density at radius 3 is 2.62 bits per heavy atom. The summed E-state index contributed by atoms with van der Waals surface area (Å²) in [6.07, 6.45) is 3.47. The summed E-state index contributed by atoms with van der Waals surface area (Å²) >= 11 is 0. The van der Waals surface area contributed by atoms with Crippen LogP contribution in [0.25, 0.3) is 0 Å². The zero-order valence-electron chi connectivity index (χ0n) is 9.95. The number of rotatable bonds is 5. The molecule has 0 unspecified atom stereocenters. The summed E-state index contributed by atoms with van der Waals surface area (Å²) in [5.41, 5.74) is -0.656. The maximum absolute atomic E-state index is 11.6. The summed E-state index contributed by atoms with van der Waals surface area (Å²) < 4.78 is 5.23. The molecule has 0 radical (unpaired) electrons. The van der Waals surface area contributed by atoms with Crippen molar-refractivity contribution in [3.8, 4) is 0 Å². The second kappa shape index (κ2) is 4.82. The second-order valence-electron chi connectivity index (χ2n) is 5.25. The molecule has 0 amide bonds. The van der Waals surface area contributed by atoms with Crippen LogP contribution in [0.5, 0.6) is 0 Å². The van der Waals surface area contributed by atoms with Crippen LogP contribution < -0.4 is 0 Å². The molecule has 1 saturated carbocycles. The Labute approximate surface area is 96.6 Å². The Hall–Kier alpha value is -0.450. The number of carbonyl (C=O) groups is 1. The Bertz CT molecular complexity index is 257. The number of hydrogen-bond acceptors (Lipinski definition) is 4. The third-order valence-corrected chi connectivity index (χ3v) is 3.45. The summed E-state index contributed by atoms with van der Waals surface area (Å²) in [6.45, 7) is 2.31. The van der Waals surface area contributed by atoms with Gasteiger partial charge in [0.25, 0.3) is 0 Å². The van der Waals surface area contributed by atoms with Gasteiger partial charge in [-0.2, -0.15) is 0 Å². The van der Waals surface area contributed by atoms with Gasteiger partial charge in [-0.3, -0.25) is 9.69 Å². The quantitative estimate of drug-likeness (QED) is 0.740. The predicted octanol–water partition coefficient (Wildman–Crippen LogP) is 0.439. The number of hydrogen-bond donors (Lipinski definition) is 1.